The van der Waals surface area contributed by atoms with Crippen LogP contribution in [-0.2, 0) is 4.79 Å². The Balaban J connectivity index is 3.14. The standard InChI is InChI=1S/C13H15BrO4/c1-8(2)18-13-10(14)6-9(4-5-12(15)16)7-11(13)17-3/h4-8H,1-3H3,(H,15,16)/b5-4-. The van der Waals surface area contributed by atoms with Gasteiger partial charge in [0.25, 0.3) is 0 Å². The summed E-state index contributed by atoms with van der Waals surface area (Å²) in [6.07, 6.45) is 2.59. The van der Waals surface area contributed by atoms with Crippen molar-refractivity contribution in [3.63, 3.8) is 0 Å². The van der Waals surface area contributed by atoms with E-state index in [1.165, 1.54) is 6.08 Å². The molecule has 0 saturated carbocycles. The van der Waals surface area contributed by atoms with E-state index < -0.39 is 5.97 Å². The quantitative estimate of drug-likeness (QED) is 0.847. The third-order valence-electron chi connectivity index (χ3n) is 2.02. The van der Waals surface area contributed by atoms with E-state index in [4.69, 9.17) is 14.6 Å². The second-order valence-corrected chi connectivity index (χ2v) is 4.73. The summed E-state index contributed by atoms with van der Waals surface area (Å²) in [5.74, 6) is 0.177. The number of benzene rings is 1. The summed E-state index contributed by atoms with van der Waals surface area (Å²) in [7, 11) is 1.54. The van der Waals surface area contributed by atoms with Crippen molar-refractivity contribution in [3.05, 3.63) is 28.2 Å². The van der Waals surface area contributed by atoms with E-state index in [0.717, 1.165) is 16.1 Å². The Hall–Kier alpha value is -1.49. The van der Waals surface area contributed by atoms with Crippen LogP contribution in [0.25, 0.3) is 6.08 Å². The van der Waals surface area contributed by atoms with Gasteiger partial charge in [0.1, 0.15) is 0 Å². The van der Waals surface area contributed by atoms with E-state index in [1.54, 1.807) is 19.2 Å². The monoisotopic (exact) mass is 314 g/mol. The number of hydrogen-bond donors (Lipinski definition) is 1. The molecular formula is C13H15BrO4. The summed E-state index contributed by atoms with van der Waals surface area (Å²) in [5.41, 5.74) is 0.720. The van der Waals surface area contributed by atoms with E-state index in [2.05, 4.69) is 15.9 Å². The van der Waals surface area contributed by atoms with Gasteiger partial charge in [-0.1, -0.05) is 0 Å². The number of aliphatic carboxylic acids is 1. The largest absolute Gasteiger partial charge is 0.493 e. The smallest absolute Gasteiger partial charge is 0.328 e. The fourth-order valence-electron chi connectivity index (χ4n) is 1.35. The fraction of sp³-hybridized carbons (Fsp3) is 0.308. The summed E-state index contributed by atoms with van der Waals surface area (Å²) < 4.78 is 11.6. The molecule has 1 N–H and O–H groups in total. The summed E-state index contributed by atoms with van der Waals surface area (Å²) in [4.78, 5) is 10.5. The first-order chi connectivity index (χ1) is 8.43. The van der Waals surface area contributed by atoms with E-state index in [1.807, 2.05) is 13.8 Å². The van der Waals surface area contributed by atoms with Gasteiger partial charge in [-0.2, -0.15) is 0 Å². The average Bonchev–Trinajstić information content (AvgIpc) is 2.28. The van der Waals surface area contributed by atoms with Gasteiger partial charge in [0.2, 0.25) is 0 Å². The van der Waals surface area contributed by atoms with Crippen LogP contribution in [0.1, 0.15) is 19.4 Å². The highest BCUT2D eigenvalue weighted by Crippen LogP contribution is 2.37. The van der Waals surface area contributed by atoms with Crippen LogP contribution in [0.4, 0.5) is 0 Å². The molecule has 0 fully saturated rings. The van der Waals surface area contributed by atoms with Crippen LogP contribution in [0.5, 0.6) is 11.5 Å². The van der Waals surface area contributed by atoms with Crippen LogP contribution < -0.4 is 9.47 Å². The molecule has 0 aliphatic carbocycles. The molecule has 18 heavy (non-hydrogen) atoms. The third-order valence-corrected chi connectivity index (χ3v) is 2.61. The number of carboxylic acids is 1. The molecular weight excluding hydrogens is 300 g/mol. The highest BCUT2D eigenvalue weighted by atomic mass is 79.9. The fourth-order valence-corrected chi connectivity index (χ4v) is 1.91. The van der Waals surface area contributed by atoms with E-state index >= 15 is 0 Å². The molecule has 0 saturated heterocycles. The molecule has 0 unspecified atom stereocenters. The van der Waals surface area contributed by atoms with Crippen LogP contribution in [0.3, 0.4) is 0 Å². The van der Waals surface area contributed by atoms with Crippen LogP contribution in [0, 0.1) is 0 Å². The second-order valence-electron chi connectivity index (χ2n) is 3.87. The maximum absolute atomic E-state index is 10.5. The van der Waals surface area contributed by atoms with E-state index in [9.17, 15) is 4.79 Å². The molecule has 0 aromatic heterocycles. The lowest BCUT2D eigenvalue weighted by atomic mass is 10.2. The molecule has 0 atom stereocenters. The van der Waals surface area contributed by atoms with Gasteiger partial charge in [-0.15, -0.1) is 0 Å². The van der Waals surface area contributed by atoms with Crippen molar-refractivity contribution < 1.29 is 19.4 Å². The van der Waals surface area contributed by atoms with Crippen molar-refractivity contribution in [2.45, 2.75) is 20.0 Å². The molecule has 1 aromatic rings. The highest BCUT2D eigenvalue weighted by molar-refractivity contribution is 9.10. The number of halogens is 1. The minimum atomic E-state index is -0.993. The molecule has 4 nitrogen and oxygen atoms in total. The van der Waals surface area contributed by atoms with Crippen molar-refractivity contribution in [1.82, 2.24) is 0 Å². The van der Waals surface area contributed by atoms with E-state index in [-0.39, 0.29) is 6.10 Å². The van der Waals surface area contributed by atoms with Crippen LogP contribution in [0.2, 0.25) is 0 Å². The molecule has 0 aliphatic rings. The predicted molar refractivity (Wildman–Crippen MR) is 73.1 cm³/mol. The first-order valence-corrected chi connectivity index (χ1v) is 6.18. The number of carboxylic acid groups (broad SMARTS) is 1. The minimum absolute atomic E-state index is 0.0237. The minimum Gasteiger partial charge on any atom is -0.493 e. The molecule has 0 aliphatic heterocycles. The number of rotatable bonds is 5. The Morgan fingerprint density at radius 3 is 2.61 bits per heavy atom. The molecule has 0 bridgehead atoms. The first-order valence-electron chi connectivity index (χ1n) is 5.39. The van der Waals surface area contributed by atoms with Crippen LogP contribution in [-0.4, -0.2) is 24.3 Å². The molecule has 0 radical (unpaired) electrons. The molecule has 98 valence electrons. The average molecular weight is 315 g/mol. The number of carbonyl (C=O) groups is 1. The van der Waals surface area contributed by atoms with Crippen molar-refractivity contribution in [2.24, 2.45) is 0 Å². The van der Waals surface area contributed by atoms with Crippen LogP contribution in [0.15, 0.2) is 22.7 Å². The lowest BCUT2D eigenvalue weighted by Gasteiger charge is -2.15. The van der Waals surface area contributed by atoms with Gasteiger partial charge in [-0.25, -0.2) is 4.79 Å². The topological polar surface area (TPSA) is 55.8 Å². The third kappa shape index (κ3) is 4.07. The molecule has 5 heteroatoms. The molecule has 0 amide bonds. The molecule has 1 aromatic carbocycles. The maximum Gasteiger partial charge on any atom is 0.328 e. The normalized spacial score (nSPS) is 10.9. The van der Waals surface area contributed by atoms with Gasteiger partial charge in [0.05, 0.1) is 17.7 Å². The zero-order chi connectivity index (χ0) is 13.7. The maximum atomic E-state index is 10.5. The Bertz CT molecular complexity index is 466. The molecule has 0 spiro atoms. The van der Waals surface area contributed by atoms with Gasteiger partial charge in [-0.3, -0.25) is 0 Å². The SMILES string of the molecule is COc1cc(/C=C\C(=O)O)cc(Br)c1OC(C)C. The number of ether oxygens (including phenoxy) is 2. The summed E-state index contributed by atoms with van der Waals surface area (Å²) in [6, 6.07) is 3.50. The highest BCUT2D eigenvalue weighted by Gasteiger charge is 2.12. The zero-order valence-electron chi connectivity index (χ0n) is 10.4. The van der Waals surface area contributed by atoms with Gasteiger partial charge < -0.3 is 14.6 Å². The Kier molecular flexibility index (Phi) is 5.22. The van der Waals surface area contributed by atoms with Gasteiger partial charge >= 0.3 is 5.97 Å². The Morgan fingerprint density at radius 2 is 2.11 bits per heavy atom. The van der Waals surface area contributed by atoms with Crippen molar-refractivity contribution in [1.29, 1.82) is 0 Å². The summed E-state index contributed by atoms with van der Waals surface area (Å²) in [5, 5.41) is 8.59. The predicted octanol–water partition coefficient (Wildman–Crippen LogP) is 3.34. The Morgan fingerprint density at radius 1 is 1.44 bits per heavy atom. The number of hydrogen-bond acceptors (Lipinski definition) is 3. The number of methoxy groups -OCH3 is 1. The summed E-state index contributed by atoms with van der Waals surface area (Å²) in [6.45, 7) is 3.84. The van der Waals surface area contributed by atoms with Crippen molar-refractivity contribution in [3.8, 4) is 11.5 Å². The van der Waals surface area contributed by atoms with Crippen molar-refractivity contribution >= 4 is 28.0 Å². The molecule has 0 heterocycles. The Labute approximate surface area is 114 Å². The lowest BCUT2D eigenvalue weighted by molar-refractivity contribution is -0.131. The van der Waals surface area contributed by atoms with Gasteiger partial charge in [0, 0.05) is 6.08 Å². The lowest BCUT2D eigenvalue weighted by Crippen LogP contribution is -2.07. The van der Waals surface area contributed by atoms with Crippen LogP contribution >= 0.6 is 15.9 Å². The summed E-state index contributed by atoms with van der Waals surface area (Å²) >= 11 is 3.39. The molecule has 1 rings (SSSR count). The van der Waals surface area contributed by atoms with Gasteiger partial charge in [-0.05, 0) is 53.5 Å². The van der Waals surface area contributed by atoms with Gasteiger partial charge in [0.15, 0.2) is 11.5 Å². The zero-order valence-corrected chi connectivity index (χ0v) is 12.0. The van der Waals surface area contributed by atoms with Crippen molar-refractivity contribution in [2.75, 3.05) is 7.11 Å². The first kappa shape index (κ1) is 14.6. The van der Waals surface area contributed by atoms with E-state index in [0.29, 0.717) is 11.5 Å². The second kappa shape index (κ2) is 6.44.